The SMILES string of the molecule is CCOc1cncc(C(N)c2ccc(OC)c(Br)c2)c1. The normalized spacial score (nSPS) is 12.0. The average Bonchev–Trinajstić information content (AvgIpc) is 2.47. The number of hydrogen-bond acceptors (Lipinski definition) is 4. The first kappa shape index (κ1) is 14.8. The van der Waals surface area contributed by atoms with E-state index in [9.17, 15) is 0 Å². The monoisotopic (exact) mass is 336 g/mol. The van der Waals surface area contributed by atoms with Crippen molar-refractivity contribution < 1.29 is 9.47 Å². The van der Waals surface area contributed by atoms with E-state index in [0.29, 0.717) is 6.61 Å². The van der Waals surface area contributed by atoms with Crippen LogP contribution < -0.4 is 15.2 Å². The molecule has 0 aliphatic heterocycles. The fraction of sp³-hybridized carbons (Fsp3) is 0.267. The van der Waals surface area contributed by atoms with Crippen molar-refractivity contribution in [2.75, 3.05) is 13.7 Å². The number of halogens is 1. The Bertz CT molecular complexity index is 590. The van der Waals surface area contributed by atoms with Crippen molar-refractivity contribution in [3.05, 3.63) is 52.3 Å². The van der Waals surface area contributed by atoms with Gasteiger partial charge in [0.1, 0.15) is 11.5 Å². The smallest absolute Gasteiger partial charge is 0.137 e. The zero-order valence-corrected chi connectivity index (χ0v) is 13.1. The molecule has 0 fully saturated rings. The Balaban J connectivity index is 2.28. The molecule has 2 rings (SSSR count). The molecule has 1 aromatic heterocycles. The second-order valence-electron chi connectivity index (χ2n) is 4.26. The highest BCUT2D eigenvalue weighted by Crippen LogP contribution is 2.30. The fourth-order valence-corrected chi connectivity index (χ4v) is 2.48. The number of benzene rings is 1. The number of nitrogens with zero attached hydrogens (tertiary/aromatic N) is 1. The van der Waals surface area contributed by atoms with Crippen LogP contribution in [-0.4, -0.2) is 18.7 Å². The molecule has 0 amide bonds. The third-order valence-electron chi connectivity index (χ3n) is 2.94. The maximum Gasteiger partial charge on any atom is 0.137 e. The summed E-state index contributed by atoms with van der Waals surface area (Å²) >= 11 is 3.47. The lowest BCUT2D eigenvalue weighted by Gasteiger charge is -2.15. The summed E-state index contributed by atoms with van der Waals surface area (Å²) in [5.74, 6) is 1.51. The molecule has 0 spiro atoms. The van der Waals surface area contributed by atoms with Crippen LogP contribution in [0.25, 0.3) is 0 Å². The lowest BCUT2D eigenvalue weighted by molar-refractivity contribution is 0.338. The summed E-state index contributed by atoms with van der Waals surface area (Å²) in [6.07, 6.45) is 3.44. The van der Waals surface area contributed by atoms with Gasteiger partial charge in [-0.3, -0.25) is 4.98 Å². The van der Waals surface area contributed by atoms with Gasteiger partial charge in [0.15, 0.2) is 0 Å². The van der Waals surface area contributed by atoms with Gasteiger partial charge in [0, 0.05) is 6.20 Å². The van der Waals surface area contributed by atoms with Gasteiger partial charge in [-0.2, -0.15) is 0 Å². The van der Waals surface area contributed by atoms with Crippen molar-refractivity contribution in [3.8, 4) is 11.5 Å². The highest BCUT2D eigenvalue weighted by molar-refractivity contribution is 9.10. The van der Waals surface area contributed by atoms with E-state index in [4.69, 9.17) is 15.2 Å². The first-order valence-electron chi connectivity index (χ1n) is 6.32. The molecule has 5 heteroatoms. The van der Waals surface area contributed by atoms with Gasteiger partial charge in [-0.05, 0) is 52.2 Å². The van der Waals surface area contributed by atoms with Crippen LogP contribution in [0.2, 0.25) is 0 Å². The fourth-order valence-electron chi connectivity index (χ4n) is 1.92. The van der Waals surface area contributed by atoms with Gasteiger partial charge in [0.05, 0.1) is 30.4 Å². The summed E-state index contributed by atoms with van der Waals surface area (Å²) in [7, 11) is 1.63. The van der Waals surface area contributed by atoms with Crippen LogP contribution in [-0.2, 0) is 0 Å². The predicted molar refractivity (Wildman–Crippen MR) is 82.1 cm³/mol. The van der Waals surface area contributed by atoms with Crippen molar-refractivity contribution in [1.82, 2.24) is 4.98 Å². The minimum atomic E-state index is -0.259. The molecule has 2 N–H and O–H groups in total. The van der Waals surface area contributed by atoms with Gasteiger partial charge in [-0.1, -0.05) is 6.07 Å². The molecular weight excluding hydrogens is 320 g/mol. The van der Waals surface area contributed by atoms with E-state index in [1.807, 2.05) is 31.2 Å². The van der Waals surface area contributed by atoms with Crippen LogP contribution in [0.1, 0.15) is 24.1 Å². The summed E-state index contributed by atoms with van der Waals surface area (Å²) in [6.45, 7) is 2.54. The summed E-state index contributed by atoms with van der Waals surface area (Å²) in [4.78, 5) is 4.16. The molecule has 0 aliphatic rings. The Labute approximate surface area is 127 Å². The third-order valence-corrected chi connectivity index (χ3v) is 3.56. The lowest BCUT2D eigenvalue weighted by Crippen LogP contribution is -2.12. The van der Waals surface area contributed by atoms with Gasteiger partial charge in [0.25, 0.3) is 0 Å². The van der Waals surface area contributed by atoms with Crippen LogP contribution in [0.15, 0.2) is 41.1 Å². The van der Waals surface area contributed by atoms with Crippen molar-refractivity contribution in [3.63, 3.8) is 0 Å². The van der Waals surface area contributed by atoms with Gasteiger partial charge >= 0.3 is 0 Å². The van der Waals surface area contributed by atoms with E-state index in [1.165, 1.54) is 0 Å². The lowest BCUT2D eigenvalue weighted by atomic mass is 10.0. The first-order chi connectivity index (χ1) is 9.65. The molecule has 0 radical (unpaired) electrons. The molecule has 0 bridgehead atoms. The molecule has 1 atom stereocenters. The largest absolute Gasteiger partial charge is 0.496 e. The highest BCUT2D eigenvalue weighted by atomic mass is 79.9. The van der Waals surface area contributed by atoms with Crippen molar-refractivity contribution in [2.24, 2.45) is 5.73 Å². The van der Waals surface area contributed by atoms with Crippen molar-refractivity contribution in [1.29, 1.82) is 0 Å². The van der Waals surface area contributed by atoms with E-state index < -0.39 is 0 Å². The van der Waals surface area contributed by atoms with Gasteiger partial charge < -0.3 is 15.2 Å². The molecule has 1 unspecified atom stereocenters. The molecule has 1 aromatic carbocycles. The molecule has 1 heterocycles. The van der Waals surface area contributed by atoms with Crippen molar-refractivity contribution >= 4 is 15.9 Å². The van der Waals surface area contributed by atoms with Crippen LogP contribution >= 0.6 is 15.9 Å². The average molecular weight is 337 g/mol. The Morgan fingerprint density at radius 1 is 1.25 bits per heavy atom. The molecule has 106 valence electrons. The van der Waals surface area contributed by atoms with E-state index in [2.05, 4.69) is 20.9 Å². The minimum absolute atomic E-state index is 0.259. The number of nitrogens with two attached hydrogens (primary N) is 1. The van der Waals surface area contributed by atoms with Crippen LogP contribution in [0.3, 0.4) is 0 Å². The maximum atomic E-state index is 6.28. The maximum absolute atomic E-state index is 6.28. The highest BCUT2D eigenvalue weighted by Gasteiger charge is 2.12. The zero-order chi connectivity index (χ0) is 14.5. The Hall–Kier alpha value is -1.59. The minimum Gasteiger partial charge on any atom is -0.496 e. The molecular formula is C15H17BrN2O2. The van der Waals surface area contributed by atoms with Gasteiger partial charge in [-0.25, -0.2) is 0 Å². The molecule has 20 heavy (non-hydrogen) atoms. The number of aromatic nitrogens is 1. The second kappa shape index (κ2) is 6.72. The van der Waals surface area contributed by atoms with Crippen LogP contribution in [0, 0.1) is 0 Å². The summed E-state index contributed by atoms with van der Waals surface area (Å²) in [5, 5.41) is 0. The standard InChI is InChI=1S/C15H17BrN2O2/c1-3-20-12-6-11(8-18-9-12)15(17)10-4-5-14(19-2)13(16)7-10/h4-9,15H,3,17H2,1-2H3. The summed E-state index contributed by atoms with van der Waals surface area (Å²) < 4.78 is 11.5. The van der Waals surface area contributed by atoms with E-state index in [0.717, 1.165) is 27.1 Å². The Kier molecular flexibility index (Phi) is 4.98. The quantitative estimate of drug-likeness (QED) is 0.910. The number of methoxy groups -OCH3 is 1. The van der Waals surface area contributed by atoms with E-state index >= 15 is 0 Å². The number of hydrogen-bond donors (Lipinski definition) is 1. The number of rotatable bonds is 5. The van der Waals surface area contributed by atoms with Gasteiger partial charge in [-0.15, -0.1) is 0 Å². The molecule has 0 saturated carbocycles. The van der Waals surface area contributed by atoms with Crippen LogP contribution in [0.4, 0.5) is 0 Å². The van der Waals surface area contributed by atoms with E-state index in [-0.39, 0.29) is 6.04 Å². The molecule has 2 aromatic rings. The number of pyridine rings is 1. The Morgan fingerprint density at radius 2 is 2.05 bits per heavy atom. The van der Waals surface area contributed by atoms with Gasteiger partial charge in [0.2, 0.25) is 0 Å². The zero-order valence-electron chi connectivity index (χ0n) is 11.5. The van der Waals surface area contributed by atoms with Crippen molar-refractivity contribution in [2.45, 2.75) is 13.0 Å². The molecule has 0 aliphatic carbocycles. The summed E-state index contributed by atoms with van der Waals surface area (Å²) in [6, 6.07) is 7.45. The number of ether oxygens (including phenoxy) is 2. The topological polar surface area (TPSA) is 57.4 Å². The molecule has 4 nitrogen and oxygen atoms in total. The van der Waals surface area contributed by atoms with Crippen LogP contribution in [0.5, 0.6) is 11.5 Å². The summed E-state index contributed by atoms with van der Waals surface area (Å²) in [5.41, 5.74) is 8.17. The second-order valence-corrected chi connectivity index (χ2v) is 5.11. The third kappa shape index (κ3) is 3.29. The predicted octanol–water partition coefficient (Wildman–Crippen LogP) is 3.30. The Morgan fingerprint density at radius 3 is 2.70 bits per heavy atom. The first-order valence-corrected chi connectivity index (χ1v) is 7.11. The van der Waals surface area contributed by atoms with E-state index in [1.54, 1.807) is 19.5 Å². The molecule has 0 saturated heterocycles.